The van der Waals surface area contributed by atoms with E-state index in [-0.39, 0.29) is 0 Å². The average molecular weight is 311 g/mol. The molecule has 1 saturated heterocycles. The first-order valence-corrected chi connectivity index (χ1v) is 7.88. The number of benzene rings is 2. The number of hydrogen-bond acceptors (Lipinski definition) is 2. The van der Waals surface area contributed by atoms with E-state index in [1.54, 1.807) is 0 Å². The lowest BCUT2D eigenvalue weighted by Gasteiger charge is -2.18. The third kappa shape index (κ3) is 2.93. The van der Waals surface area contributed by atoms with Crippen LogP contribution < -0.4 is 4.90 Å². The van der Waals surface area contributed by atoms with Crippen molar-refractivity contribution >= 4 is 34.7 Å². The largest absolute Gasteiger partial charge is 0.372 e. The topological polar surface area (TPSA) is 15.6 Å². The molecule has 0 atom stereocenters. The Bertz CT molecular complexity index is 698. The summed E-state index contributed by atoms with van der Waals surface area (Å²) in [6.07, 6.45) is 2.58. The van der Waals surface area contributed by atoms with Gasteiger partial charge in [0.2, 0.25) is 0 Å². The minimum absolute atomic E-state index is 0.484. The molecule has 112 valence electrons. The fraction of sp³-hybridized carbons (Fsp3) is 0.211. The molecule has 0 saturated carbocycles. The molecule has 2 nitrogen and oxygen atoms in total. The van der Waals surface area contributed by atoms with Crippen LogP contribution in [0.3, 0.4) is 0 Å². The van der Waals surface area contributed by atoms with Crippen molar-refractivity contribution in [1.82, 2.24) is 0 Å². The van der Waals surface area contributed by atoms with Crippen LogP contribution in [-0.2, 0) is 0 Å². The molecule has 1 aliphatic rings. The van der Waals surface area contributed by atoms with Gasteiger partial charge >= 0.3 is 0 Å². The molecule has 0 bridgehead atoms. The van der Waals surface area contributed by atoms with Crippen molar-refractivity contribution in [3.8, 4) is 11.1 Å². The maximum Gasteiger partial charge on any atom is 0.0709 e. The average Bonchev–Trinajstić information content (AvgIpc) is 3.09. The molecule has 1 fully saturated rings. The van der Waals surface area contributed by atoms with Gasteiger partial charge in [-0.1, -0.05) is 36.4 Å². The van der Waals surface area contributed by atoms with Gasteiger partial charge in [0.25, 0.3) is 0 Å². The second kappa shape index (κ2) is 6.37. The zero-order valence-electron chi connectivity index (χ0n) is 12.6. The summed E-state index contributed by atoms with van der Waals surface area (Å²) in [7, 11) is 0. The highest BCUT2D eigenvalue weighted by Crippen LogP contribution is 2.33. The van der Waals surface area contributed by atoms with Crippen LogP contribution in [0.1, 0.15) is 18.4 Å². The van der Waals surface area contributed by atoms with Crippen molar-refractivity contribution in [3.63, 3.8) is 0 Å². The molecule has 0 N–H and O–H groups in total. The second-order valence-electron chi connectivity index (χ2n) is 5.54. The Morgan fingerprint density at radius 3 is 2.23 bits per heavy atom. The van der Waals surface area contributed by atoms with Crippen LogP contribution in [-0.4, -0.2) is 19.8 Å². The van der Waals surface area contributed by atoms with E-state index in [0.29, 0.717) is 5.03 Å². The number of nitrogens with zero attached hydrogens (tertiary/aromatic N) is 2. The third-order valence-electron chi connectivity index (χ3n) is 4.13. The fourth-order valence-corrected chi connectivity index (χ4v) is 3.06. The van der Waals surface area contributed by atoms with Crippen LogP contribution in [0.25, 0.3) is 16.2 Å². The lowest BCUT2D eigenvalue weighted by molar-refractivity contribution is 0.949. The monoisotopic (exact) mass is 310 g/mol. The van der Waals surface area contributed by atoms with Gasteiger partial charge < -0.3 is 4.90 Å². The van der Waals surface area contributed by atoms with Gasteiger partial charge in [-0.15, -0.1) is 0 Å². The van der Waals surface area contributed by atoms with Gasteiger partial charge in [-0.2, -0.15) is 0 Å². The molecule has 0 aliphatic carbocycles. The summed E-state index contributed by atoms with van der Waals surface area (Å²) >= 11 is 6.07. The van der Waals surface area contributed by atoms with Crippen molar-refractivity contribution < 1.29 is 0 Å². The van der Waals surface area contributed by atoms with Crippen molar-refractivity contribution in [2.45, 2.75) is 12.8 Å². The van der Waals surface area contributed by atoms with E-state index in [4.69, 9.17) is 11.6 Å². The first-order valence-electron chi connectivity index (χ1n) is 7.50. The first-order chi connectivity index (χ1) is 10.7. The zero-order valence-corrected chi connectivity index (χ0v) is 13.3. The van der Waals surface area contributed by atoms with Crippen LogP contribution in [0.15, 0.2) is 54.0 Å². The van der Waals surface area contributed by atoms with Crippen LogP contribution in [0.4, 0.5) is 11.4 Å². The quantitative estimate of drug-likeness (QED) is 0.681. The maximum absolute atomic E-state index is 6.07. The maximum atomic E-state index is 6.07. The SMILES string of the molecule is C=Nc1ccc(-c2ccc(N3CCCC3)cc2)cc1C(=C)Cl. The van der Waals surface area contributed by atoms with E-state index in [1.807, 2.05) is 18.2 Å². The highest BCUT2D eigenvalue weighted by molar-refractivity contribution is 6.48. The Morgan fingerprint density at radius 1 is 1.00 bits per heavy atom. The van der Waals surface area contributed by atoms with Crippen molar-refractivity contribution in [2.75, 3.05) is 18.0 Å². The molecule has 3 heteroatoms. The molecule has 1 aliphatic heterocycles. The molecule has 0 amide bonds. The Labute approximate surface area is 136 Å². The second-order valence-corrected chi connectivity index (χ2v) is 5.99. The molecule has 3 rings (SSSR count). The summed E-state index contributed by atoms with van der Waals surface area (Å²) in [5, 5.41) is 0.484. The first kappa shape index (κ1) is 14.9. The van der Waals surface area contributed by atoms with Gasteiger partial charge in [0.15, 0.2) is 0 Å². The van der Waals surface area contributed by atoms with E-state index in [2.05, 4.69) is 47.5 Å². The Balaban J connectivity index is 1.92. The molecule has 0 unspecified atom stereocenters. The highest BCUT2D eigenvalue weighted by Gasteiger charge is 2.12. The van der Waals surface area contributed by atoms with Gasteiger partial charge in [-0.3, -0.25) is 4.99 Å². The fourth-order valence-electron chi connectivity index (χ4n) is 2.91. The molecule has 0 radical (unpaired) electrons. The minimum Gasteiger partial charge on any atom is -0.372 e. The molecule has 0 spiro atoms. The van der Waals surface area contributed by atoms with E-state index >= 15 is 0 Å². The third-order valence-corrected chi connectivity index (χ3v) is 4.33. The molecular weight excluding hydrogens is 292 g/mol. The summed E-state index contributed by atoms with van der Waals surface area (Å²) in [6, 6.07) is 14.7. The van der Waals surface area contributed by atoms with Gasteiger partial charge in [0, 0.05) is 29.4 Å². The normalized spacial score (nSPS) is 14.1. The zero-order chi connectivity index (χ0) is 15.5. The smallest absolute Gasteiger partial charge is 0.0709 e. The summed E-state index contributed by atoms with van der Waals surface area (Å²) in [5.74, 6) is 0. The van der Waals surface area contributed by atoms with Crippen LogP contribution in [0.5, 0.6) is 0 Å². The highest BCUT2D eigenvalue weighted by atomic mass is 35.5. The number of halogens is 1. The molecule has 22 heavy (non-hydrogen) atoms. The number of hydrogen-bond donors (Lipinski definition) is 0. The minimum atomic E-state index is 0.484. The van der Waals surface area contributed by atoms with Crippen molar-refractivity contribution in [2.24, 2.45) is 4.99 Å². The predicted molar refractivity (Wildman–Crippen MR) is 97.4 cm³/mol. The van der Waals surface area contributed by atoms with Crippen molar-refractivity contribution in [3.05, 3.63) is 54.6 Å². The van der Waals surface area contributed by atoms with E-state index in [9.17, 15) is 0 Å². The number of aliphatic imine (C=N–C) groups is 1. The summed E-state index contributed by atoms with van der Waals surface area (Å²) in [5.41, 5.74) is 5.16. The summed E-state index contributed by atoms with van der Waals surface area (Å²) in [4.78, 5) is 6.42. The molecular formula is C19H19ClN2. The van der Waals surface area contributed by atoms with Gasteiger partial charge in [0.1, 0.15) is 0 Å². The van der Waals surface area contributed by atoms with Gasteiger partial charge in [-0.05, 0) is 55.0 Å². The standard InChI is InChI=1S/C19H19ClN2/c1-14(20)18-13-16(7-10-19(18)21-2)15-5-8-17(9-6-15)22-11-3-4-12-22/h5-10,13H,1-4,11-12H2. The molecule has 2 aromatic carbocycles. The van der Waals surface area contributed by atoms with Crippen LogP contribution in [0, 0.1) is 0 Å². The van der Waals surface area contributed by atoms with Gasteiger partial charge in [-0.25, -0.2) is 0 Å². The number of anilines is 1. The van der Waals surface area contributed by atoms with Gasteiger partial charge in [0.05, 0.1) is 5.69 Å². The lowest BCUT2D eigenvalue weighted by Crippen LogP contribution is -2.17. The predicted octanol–water partition coefficient (Wildman–Crippen LogP) is 5.50. The Hall–Kier alpha value is -2.06. The molecule has 2 aromatic rings. The lowest BCUT2D eigenvalue weighted by atomic mass is 10.0. The molecule has 1 heterocycles. The summed E-state index contributed by atoms with van der Waals surface area (Å²) in [6.45, 7) is 9.71. The molecule has 0 aromatic heterocycles. The van der Waals surface area contributed by atoms with E-state index < -0.39 is 0 Å². The van der Waals surface area contributed by atoms with Crippen LogP contribution in [0.2, 0.25) is 0 Å². The van der Waals surface area contributed by atoms with E-state index in [0.717, 1.165) is 35.5 Å². The Kier molecular flexibility index (Phi) is 4.30. The number of rotatable bonds is 4. The van der Waals surface area contributed by atoms with Crippen LogP contribution >= 0.6 is 11.6 Å². The van der Waals surface area contributed by atoms with E-state index in [1.165, 1.54) is 18.5 Å². The Morgan fingerprint density at radius 2 is 1.64 bits per heavy atom. The van der Waals surface area contributed by atoms with Crippen molar-refractivity contribution in [1.29, 1.82) is 0 Å². The summed E-state index contributed by atoms with van der Waals surface area (Å²) < 4.78 is 0.